The Morgan fingerprint density at radius 1 is 1.07 bits per heavy atom. The fourth-order valence-corrected chi connectivity index (χ4v) is 10.3. The minimum atomic E-state index is -3.94. The predicted octanol–water partition coefficient (Wildman–Crippen LogP) is 3.02. The highest BCUT2D eigenvalue weighted by Crippen LogP contribution is 2.30. The lowest BCUT2D eigenvalue weighted by Gasteiger charge is -2.40. The predicted molar refractivity (Wildman–Crippen MR) is 166 cm³/mol. The second-order valence-electron chi connectivity index (χ2n) is 11.0. The molecule has 0 bridgehead atoms. The minimum absolute atomic E-state index is 0. The van der Waals surface area contributed by atoms with Gasteiger partial charge in [-0.15, -0.1) is 23.7 Å². The number of fused-ring (bicyclic) bond motifs is 2. The number of nitrogens with zero attached hydrogens (tertiary/aromatic N) is 5. The topological polar surface area (TPSA) is 127 Å². The van der Waals surface area contributed by atoms with Crippen LogP contribution < -0.4 is 0 Å². The molecule has 2 saturated heterocycles. The Morgan fingerprint density at radius 2 is 1.83 bits per heavy atom. The molecule has 42 heavy (non-hydrogen) atoms. The highest BCUT2D eigenvalue weighted by atomic mass is 35.5. The molecule has 1 atom stereocenters. The zero-order valence-electron chi connectivity index (χ0n) is 23.2. The summed E-state index contributed by atoms with van der Waals surface area (Å²) in [6.07, 6.45) is 2.57. The Bertz CT molecular complexity index is 1690. The van der Waals surface area contributed by atoms with Crippen molar-refractivity contribution in [3.63, 3.8) is 0 Å². The minimum Gasteiger partial charge on any atom is -0.345 e. The Hall–Kier alpha value is -1.78. The van der Waals surface area contributed by atoms with Crippen LogP contribution >= 0.6 is 35.3 Å². The molecule has 0 aliphatic carbocycles. The van der Waals surface area contributed by atoms with Gasteiger partial charge in [-0.1, -0.05) is 11.6 Å². The van der Waals surface area contributed by atoms with E-state index < -0.39 is 26.1 Å². The van der Waals surface area contributed by atoms with Gasteiger partial charge in [0.15, 0.2) is 5.01 Å². The van der Waals surface area contributed by atoms with Crippen LogP contribution in [0, 0.1) is 0 Å². The van der Waals surface area contributed by atoms with Gasteiger partial charge in [-0.2, -0.15) is 4.31 Å². The molecule has 3 aromatic rings. The standard InChI is InChI=1S/C26H33ClN6O5S3.ClH/c1-30-10-6-22-23(17-30)39-25(29-22)26(34)33-12-11-32(16-20(33)7-13-40(35,36)31-8-2-3-9-31)41(37,38)24-15-18-14-19(27)4-5-21(18)28-24;/h4-5,14-15,20,28H,2-3,6-13,16-17H2,1H3;1H. The van der Waals surface area contributed by atoms with Crippen LogP contribution in [0.25, 0.3) is 10.9 Å². The van der Waals surface area contributed by atoms with Crippen molar-refractivity contribution in [1.82, 2.24) is 28.4 Å². The van der Waals surface area contributed by atoms with Crippen LogP contribution in [0.2, 0.25) is 5.02 Å². The molecule has 1 aromatic carbocycles. The number of carbonyl (C=O) groups excluding carboxylic acids is 1. The molecule has 0 spiro atoms. The Morgan fingerprint density at radius 3 is 2.60 bits per heavy atom. The number of sulfonamides is 2. The van der Waals surface area contributed by atoms with E-state index in [4.69, 9.17) is 11.6 Å². The third kappa shape index (κ3) is 6.23. The summed E-state index contributed by atoms with van der Waals surface area (Å²) in [7, 11) is -5.43. The third-order valence-corrected chi connectivity index (χ3v) is 13.2. The first-order valence-corrected chi connectivity index (χ1v) is 18.0. The molecular formula is C26H34Cl2N6O5S3. The second kappa shape index (κ2) is 12.3. The lowest BCUT2D eigenvalue weighted by molar-refractivity contribution is 0.0558. The van der Waals surface area contributed by atoms with Gasteiger partial charge in [-0.3, -0.25) is 4.79 Å². The molecule has 0 radical (unpaired) electrons. The number of benzene rings is 1. The van der Waals surface area contributed by atoms with Crippen LogP contribution in [-0.2, 0) is 33.0 Å². The van der Waals surface area contributed by atoms with Crippen molar-refractivity contribution >= 4 is 72.2 Å². The molecule has 5 heterocycles. The van der Waals surface area contributed by atoms with E-state index in [1.807, 2.05) is 7.05 Å². The fraction of sp³-hybridized carbons (Fsp3) is 0.538. The van der Waals surface area contributed by atoms with Crippen molar-refractivity contribution in [2.45, 2.75) is 43.3 Å². The quantitative estimate of drug-likeness (QED) is 0.408. The first-order chi connectivity index (χ1) is 19.5. The van der Waals surface area contributed by atoms with Gasteiger partial charge in [0.25, 0.3) is 15.9 Å². The number of amides is 1. The lowest BCUT2D eigenvalue weighted by Crippen LogP contribution is -2.57. The number of thiazole rings is 1. The van der Waals surface area contributed by atoms with Gasteiger partial charge in [0.1, 0.15) is 5.03 Å². The number of aromatic amines is 1. The van der Waals surface area contributed by atoms with Crippen LogP contribution in [-0.4, -0.2) is 109 Å². The van der Waals surface area contributed by atoms with Crippen LogP contribution in [0.15, 0.2) is 29.3 Å². The molecule has 1 N–H and O–H groups in total. The number of aromatic nitrogens is 2. The number of H-pyrrole nitrogens is 1. The summed E-state index contributed by atoms with van der Waals surface area (Å²) in [5.41, 5.74) is 1.58. The van der Waals surface area contributed by atoms with E-state index in [1.165, 1.54) is 19.9 Å². The monoisotopic (exact) mass is 676 g/mol. The number of halogens is 2. The van der Waals surface area contributed by atoms with Crippen LogP contribution in [0.3, 0.4) is 0 Å². The normalized spacial score (nSPS) is 21.0. The maximum Gasteiger partial charge on any atom is 0.283 e. The summed E-state index contributed by atoms with van der Waals surface area (Å²) in [4.78, 5) is 26.3. The first-order valence-electron chi connectivity index (χ1n) is 13.8. The highest BCUT2D eigenvalue weighted by Gasteiger charge is 2.39. The molecule has 1 unspecified atom stereocenters. The number of nitrogens with one attached hydrogen (secondary N) is 1. The van der Waals surface area contributed by atoms with Crippen molar-refractivity contribution in [2.24, 2.45) is 0 Å². The molecule has 3 aliphatic rings. The summed E-state index contributed by atoms with van der Waals surface area (Å²) >= 11 is 7.47. The molecule has 2 aromatic heterocycles. The number of rotatable bonds is 7. The number of likely N-dealkylation sites (N-methyl/N-ethyl adjacent to an activating group) is 1. The number of hydrogen-bond acceptors (Lipinski definition) is 8. The number of carbonyl (C=O) groups is 1. The van der Waals surface area contributed by atoms with Crippen molar-refractivity contribution in [1.29, 1.82) is 0 Å². The van der Waals surface area contributed by atoms with E-state index in [0.29, 0.717) is 34.0 Å². The van der Waals surface area contributed by atoms with Crippen LogP contribution in [0.5, 0.6) is 0 Å². The van der Waals surface area contributed by atoms with Crippen molar-refractivity contribution in [2.75, 3.05) is 52.1 Å². The summed E-state index contributed by atoms with van der Waals surface area (Å²) in [6.45, 7) is 2.83. The summed E-state index contributed by atoms with van der Waals surface area (Å²) in [5.74, 6) is -0.424. The SMILES string of the molecule is CN1CCc2nc(C(=O)N3CCN(S(=O)(=O)c4cc5cc(Cl)ccc5[nH]4)CC3CCS(=O)(=O)N3CCCC3)sc2C1.Cl. The molecule has 6 rings (SSSR count). The van der Waals surface area contributed by atoms with Gasteiger partial charge in [-0.25, -0.2) is 26.1 Å². The average molecular weight is 678 g/mol. The zero-order valence-corrected chi connectivity index (χ0v) is 27.2. The second-order valence-corrected chi connectivity index (χ2v) is 16.5. The van der Waals surface area contributed by atoms with Crippen molar-refractivity contribution < 1.29 is 21.6 Å². The Kier molecular flexibility index (Phi) is 9.27. The summed E-state index contributed by atoms with van der Waals surface area (Å²) in [5, 5.41) is 1.59. The molecule has 16 heteroatoms. The third-order valence-electron chi connectivity index (χ3n) is 8.15. The molecule has 230 valence electrons. The Balaban J connectivity index is 0.00000353. The fourth-order valence-electron chi connectivity index (χ4n) is 5.83. The number of piperazine rings is 1. The van der Waals surface area contributed by atoms with Gasteiger partial charge in [-0.05, 0) is 50.6 Å². The zero-order chi connectivity index (χ0) is 28.9. The largest absolute Gasteiger partial charge is 0.345 e. The van der Waals surface area contributed by atoms with E-state index in [0.717, 1.165) is 42.9 Å². The highest BCUT2D eigenvalue weighted by molar-refractivity contribution is 7.89. The van der Waals surface area contributed by atoms with Gasteiger partial charge in [0.2, 0.25) is 10.0 Å². The van der Waals surface area contributed by atoms with E-state index >= 15 is 0 Å². The van der Waals surface area contributed by atoms with E-state index in [-0.39, 0.29) is 55.1 Å². The van der Waals surface area contributed by atoms with Crippen molar-refractivity contribution in [3.05, 3.63) is 44.9 Å². The van der Waals surface area contributed by atoms with E-state index in [9.17, 15) is 21.6 Å². The lowest BCUT2D eigenvalue weighted by atomic mass is 10.1. The van der Waals surface area contributed by atoms with Crippen LogP contribution in [0.4, 0.5) is 0 Å². The van der Waals surface area contributed by atoms with Gasteiger partial charge in [0.05, 0.1) is 11.4 Å². The molecular weight excluding hydrogens is 643 g/mol. The molecule has 1 amide bonds. The van der Waals surface area contributed by atoms with Gasteiger partial charge in [0, 0.05) is 79.1 Å². The average Bonchev–Trinajstić information content (AvgIpc) is 3.71. The smallest absolute Gasteiger partial charge is 0.283 e. The van der Waals surface area contributed by atoms with E-state index in [2.05, 4.69) is 14.9 Å². The van der Waals surface area contributed by atoms with Gasteiger partial charge >= 0.3 is 0 Å². The molecule has 11 nitrogen and oxygen atoms in total. The Labute approximate surface area is 261 Å². The van der Waals surface area contributed by atoms with E-state index in [1.54, 1.807) is 29.2 Å². The summed E-state index contributed by atoms with van der Waals surface area (Å²) in [6, 6.07) is 6.04. The molecule has 0 saturated carbocycles. The maximum absolute atomic E-state index is 13.8. The first kappa shape index (κ1) is 31.6. The number of hydrogen-bond donors (Lipinski definition) is 1. The van der Waals surface area contributed by atoms with Crippen molar-refractivity contribution in [3.8, 4) is 0 Å². The van der Waals surface area contributed by atoms with Crippen LogP contribution in [0.1, 0.15) is 39.6 Å². The molecule has 2 fully saturated rings. The summed E-state index contributed by atoms with van der Waals surface area (Å²) < 4.78 is 56.4. The maximum atomic E-state index is 13.8. The van der Waals surface area contributed by atoms with Gasteiger partial charge < -0.3 is 14.8 Å². The molecule has 3 aliphatic heterocycles.